The highest BCUT2D eigenvalue weighted by Crippen LogP contribution is 2.19. The normalized spacial score (nSPS) is 11.3. The van der Waals surface area contributed by atoms with E-state index in [1.807, 2.05) is 0 Å². The number of hydrogen-bond donors (Lipinski definition) is 2. The number of carbonyl (C=O) groups is 1. The summed E-state index contributed by atoms with van der Waals surface area (Å²) in [7, 11) is -4.05. The molecule has 0 unspecified atom stereocenters. The second-order valence-electron chi connectivity index (χ2n) is 3.94. The molecule has 0 saturated heterocycles. The number of aryl methyl sites for hydroxylation is 1. The van der Waals surface area contributed by atoms with E-state index in [1.165, 1.54) is 5.51 Å². The fraction of sp³-hybridized carbons (Fsp3) is 0.0909. The summed E-state index contributed by atoms with van der Waals surface area (Å²) in [6.45, 7) is 1.66. The largest absolute Gasteiger partial charge is 0.321 e. The van der Waals surface area contributed by atoms with Crippen molar-refractivity contribution in [1.82, 2.24) is 4.98 Å². The summed E-state index contributed by atoms with van der Waals surface area (Å²) in [6.07, 6.45) is 0. The van der Waals surface area contributed by atoms with Gasteiger partial charge in [-0.05, 0) is 25.1 Å². The number of anilines is 1. The van der Waals surface area contributed by atoms with E-state index in [4.69, 9.17) is 5.14 Å². The van der Waals surface area contributed by atoms with Crippen molar-refractivity contribution in [2.24, 2.45) is 5.14 Å². The first-order valence-electron chi connectivity index (χ1n) is 5.32. The number of sulfonamides is 1. The van der Waals surface area contributed by atoms with Gasteiger partial charge in [0.1, 0.15) is 10.7 Å². The Morgan fingerprint density at radius 2 is 2.10 bits per heavy atom. The summed E-state index contributed by atoms with van der Waals surface area (Å²) in [6, 6.07) is 2.87. The quantitative estimate of drug-likeness (QED) is 0.895. The molecule has 2 rings (SSSR count). The number of hydrogen-bond acceptors (Lipinski definition) is 5. The topological polar surface area (TPSA) is 102 Å². The molecule has 1 heterocycles. The Bertz CT molecular complexity index is 771. The molecule has 6 nitrogen and oxygen atoms in total. The highest BCUT2D eigenvalue weighted by atomic mass is 32.2. The van der Waals surface area contributed by atoms with Gasteiger partial charge in [0.05, 0.1) is 16.1 Å². The van der Waals surface area contributed by atoms with Crippen molar-refractivity contribution in [3.63, 3.8) is 0 Å². The Hall–Kier alpha value is -1.84. The van der Waals surface area contributed by atoms with Gasteiger partial charge < -0.3 is 5.32 Å². The number of benzene rings is 1. The van der Waals surface area contributed by atoms with Gasteiger partial charge in [0, 0.05) is 5.69 Å². The molecule has 1 amide bonds. The number of amides is 1. The second-order valence-corrected chi connectivity index (χ2v) is 6.36. The third kappa shape index (κ3) is 3.18. The molecule has 1 aromatic heterocycles. The number of thiazole rings is 1. The summed E-state index contributed by atoms with van der Waals surface area (Å²) in [4.78, 5) is 15.8. The van der Waals surface area contributed by atoms with E-state index in [0.717, 1.165) is 29.5 Å². The van der Waals surface area contributed by atoms with Crippen molar-refractivity contribution in [2.45, 2.75) is 11.8 Å². The van der Waals surface area contributed by atoms with Crippen LogP contribution < -0.4 is 10.5 Å². The van der Waals surface area contributed by atoms with Gasteiger partial charge in [-0.25, -0.2) is 22.9 Å². The number of rotatable bonds is 3. The van der Waals surface area contributed by atoms with Crippen LogP contribution in [0.2, 0.25) is 0 Å². The van der Waals surface area contributed by atoms with Crippen LogP contribution in [0.5, 0.6) is 0 Å². The Balaban J connectivity index is 2.33. The van der Waals surface area contributed by atoms with Crippen molar-refractivity contribution < 1.29 is 17.6 Å². The first-order valence-corrected chi connectivity index (χ1v) is 7.75. The molecule has 2 aromatic rings. The van der Waals surface area contributed by atoms with Crippen molar-refractivity contribution in [3.05, 3.63) is 40.1 Å². The number of halogens is 1. The molecule has 0 aliphatic rings. The molecule has 0 atom stereocenters. The third-order valence-electron chi connectivity index (χ3n) is 2.41. The van der Waals surface area contributed by atoms with Crippen LogP contribution in [0.4, 0.5) is 10.1 Å². The average molecular weight is 315 g/mol. The van der Waals surface area contributed by atoms with Gasteiger partial charge in [0.2, 0.25) is 10.0 Å². The summed E-state index contributed by atoms with van der Waals surface area (Å²) in [5.74, 6) is -1.30. The fourth-order valence-electron chi connectivity index (χ4n) is 1.51. The molecule has 0 aliphatic carbocycles. The minimum Gasteiger partial charge on any atom is -0.321 e. The van der Waals surface area contributed by atoms with Gasteiger partial charge in [-0.3, -0.25) is 4.79 Å². The number of nitrogens with zero attached hydrogens (tertiary/aromatic N) is 1. The SMILES string of the molecule is Cc1ncsc1C(=O)Nc1cc(F)cc(S(N)(=O)=O)c1. The summed E-state index contributed by atoms with van der Waals surface area (Å²) in [5, 5.41) is 7.34. The van der Waals surface area contributed by atoms with Gasteiger partial charge in [0.15, 0.2) is 0 Å². The first kappa shape index (κ1) is 14.6. The van der Waals surface area contributed by atoms with Gasteiger partial charge in [-0.15, -0.1) is 11.3 Å². The maximum atomic E-state index is 13.3. The maximum absolute atomic E-state index is 13.3. The van der Waals surface area contributed by atoms with E-state index < -0.39 is 26.6 Å². The van der Waals surface area contributed by atoms with Gasteiger partial charge in [-0.1, -0.05) is 0 Å². The monoisotopic (exact) mass is 315 g/mol. The standard InChI is InChI=1S/C11H10FN3O3S2/c1-6-10(19-5-14-6)11(16)15-8-2-7(12)3-9(4-8)20(13,17)18/h2-5H,1H3,(H,15,16)(H2,13,17,18). The Morgan fingerprint density at radius 3 is 2.65 bits per heavy atom. The zero-order chi connectivity index (χ0) is 14.9. The van der Waals surface area contributed by atoms with Crippen molar-refractivity contribution in [2.75, 3.05) is 5.32 Å². The number of nitrogens with two attached hydrogens (primary N) is 1. The number of aromatic nitrogens is 1. The first-order chi connectivity index (χ1) is 9.27. The lowest BCUT2D eigenvalue weighted by molar-refractivity contribution is 0.102. The predicted octanol–water partition coefficient (Wildman–Crippen LogP) is 1.49. The molecule has 0 fully saturated rings. The maximum Gasteiger partial charge on any atom is 0.267 e. The van der Waals surface area contributed by atoms with E-state index in [2.05, 4.69) is 10.3 Å². The minimum absolute atomic E-state index is 0.00632. The number of nitrogens with one attached hydrogen (secondary N) is 1. The summed E-state index contributed by atoms with van der Waals surface area (Å²) >= 11 is 1.13. The lowest BCUT2D eigenvalue weighted by Gasteiger charge is -2.06. The molecule has 0 radical (unpaired) electrons. The lowest BCUT2D eigenvalue weighted by Crippen LogP contribution is -2.15. The Morgan fingerprint density at radius 1 is 1.40 bits per heavy atom. The molecule has 20 heavy (non-hydrogen) atoms. The van der Waals surface area contributed by atoms with Crippen molar-refractivity contribution >= 4 is 33.0 Å². The van der Waals surface area contributed by atoms with Gasteiger partial charge in [-0.2, -0.15) is 0 Å². The molecule has 3 N–H and O–H groups in total. The summed E-state index contributed by atoms with van der Waals surface area (Å²) in [5.41, 5.74) is 2.05. The van der Waals surface area contributed by atoms with E-state index in [1.54, 1.807) is 6.92 Å². The fourth-order valence-corrected chi connectivity index (χ4v) is 2.77. The van der Waals surface area contributed by atoms with Crippen LogP contribution in [0.1, 0.15) is 15.4 Å². The Labute approximate surface area is 118 Å². The molecule has 0 saturated carbocycles. The molecule has 9 heteroatoms. The van der Waals surface area contributed by atoms with Crippen LogP contribution in [-0.2, 0) is 10.0 Å². The smallest absolute Gasteiger partial charge is 0.267 e. The van der Waals surface area contributed by atoms with Crippen LogP contribution in [-0.4, -0.2) is 19.3 Å². The number of primary sulfonamides is 1. The minimum atomic E-state index is -4.05. The van der Waals surface area contributed by atoms with E-state index in [9.17, 15) is 17.6 Å². The van der Waals surface area contributed by atoms with E-state index in [0.29, 0.717) is 10.6 Å². The third-order valence-corrected chi connectivity index (χ3v) is 4.23. The van der Waals surface area contributed by atoms with Crippen LogP contribution in [0.25, 0.3) is 0 Å². The van der Waals surface area contributed by atoms with Crippen LogP contribution >= 0.6 is 11.3 Å². The lowest BCUT2D eigenvalue weighted by atomic mass is 10.3. The highest BCUT2D eigenvalue weighted by molar-refractivity contribution is 7.89. The Kier molecular flexibility index (Phi) is 3.84. The van der Waals surface area contributed by atoms with Crippen LogP contribution in [0, 0.1) is 12.7 Å². The van der Waals surface area contributed by atoms with Crippen molar-refractivity contribution in [1.29, 1.82) is 0 Å². The van der Waals surface area contributed by atoms with E-state index >= 15 is 0 Å². The van der Waals surface area contributed by atoms with Crippen molar-refractivity contribution in [3.8, 4) is 0 Å². The molecule has 0 aliphatic heterocycles. The average Bonchev–Trinajstić information content (AvgIpc) is 2.73. The molecular weight excluding hydrogens is 305 g/mol. The van der Waals surface area contributed by atoms with Crippen LogP contribution in [0.3, 0.4) is 0 Å². The molecule has 106 valence electrons. The molecule has 0 bridgehead atoms. The highest BCUT2D eigenvalue weighted by Gasteiger charge is 2.15. The molecule has 1 aromatic carbocycles. The summed E-state index contributed by atoms with van der Waals surface area (Å²) < 4.78 is 35.7. The molecular formula is C11H10FN3O3S2. The zero-order valence-electron chi connectivity index (χ0n) is 10.3. The van der Waals surface area contributed by atoms with Gasteiger partial charge in [0.25, 0.3) is 5.91 Å². The zero-order valence-corrected chi connectivity index (χ0v) is 11.9. The second kappa shape index (κ2) is 5.27. The van der Waals surface area contributed by atoms with Gasteiger partial charge >= 0.3 is 0 Å². The molecule has 0 spiro atoms. The van der Waals surface area contributed by atoms with E-state index in [-0.39, 0.29) is 5.69 Å². The predicted molar refractivity (Wildman–Crippen MR) is 72.6 cm³/mol. The number of carbonyl (C=O) groups excluding carboxylic acids is 1. The van der Waals surface area contributed by atoms with Crippen LogP contribution in [0.15, 0.2) is 28.6 Å².